The van der Waals surface area contributed by atoms with Crippen LogP contribution < -0.4 is 10.6 Å². The van der Waals surface area contributed by atoms with Crippen molar-refractivity contribution in [1.29, 1.82) is 5.41 Å². The van der Waals surface area contributed by atoms with Gasteiger partial charge in [-0.15, -0.1) is 0 Å². The van der Waals surface area contributed by atoms with Crippen LogP contribution in [-0.2, 0) is 6.54 Å². The second-order valence-electron chi connectivity index (χ2n) is 7.83. The number of aromatic nitrogens is 1. The Kier molecular flexibility index (Phi) is 6.60. The Hall–Kier alpha value is -3.93. The fourth-order valence-corrected chi connectivity index (χ4v) is 3.57. The van der Waals surface area contributed by atoms with Crippen LogP contribution in [0.5, 0.6) is 0 Å². The normalized spacial score (nSPS) is 13.0. The molecule has 1 aromatic heterocycles. The van der Waals surface area contributed by atoms with Crippen LogP contribution in [0.1, 0.15) is 33.5 Å². The highest BCUT2D eigenvalue weighted by atomic mass is 16.1. The van der Waals surface area contributed by atoms with Crippen LogP contribution in [0.3, 0.4) is 0 Å². The van der Waals surface area contributed by atoms with Gasteiger partial charge < -0.3 is 15.5 Å². The highest BCUT2D eigenvalue weighted by molar-refractivity contribution is 6.07. The van der Waals surface area contributed by atoms with E-state index in [4.69, 9.17) is 5.41 Å². The summed E-state index contributed by atoms with van der Waals surface area (Å²) in [5.41, 5.74) is 4.35. The largest absolute Gasteiger partial charge is 0.380 e. The van der Waals surface area contributed by atoms with Gasteiger partial charge in [0.2, 0.25) is 0 Å². The number of amides is 1. The lowest BCUT2D eigenvalue weighted by Gasteiger charge is -2.26. The standard InChI is InChI=1S/C26H27N5O/c1-19-9-14-24(29-17-19)30-26(32)22-7-3-4-8-23(22)28-18-20-10-12-21(13-11-20)25(27)31-15-5-2-6-16-31/h2-5,7-14,17,27-28H,6,15-16,18H2,1H3,(H,29,30,32). The van der Waals surface area contributed by atoms with Gasteiger partial charge in [0, 0.05) is 37.1 Å². The molecule has 3 aromatic rings. The molecule has 1 aliphatic heterocycles. The van der Waals surface area contributed by atoms with Crippen molar-refractivity contribution >= 4 is 23.2 Å². The van der Waals surface area contributed by atoms with E-state index in [1.54, 1.807) is 18.3 Å². The minimum Gasteiger partial charge on any atom is -0.380 e. The first-order chi connectivity index (χ1) is 15.6. The molecule has 0 spiro atoms. The number of para-hydroxylation sites is 1. The Bertz CT molecular complexity index is 1120. The number of benzene rings is 2. The summed E-state index contributed by atoms with van der Waals surface area (Å²) in [7, 11) is 0. The summed E-state index contributed by atoms with van der Waals surface area (Å²) in [5, 5.41) is 14.7. The number of pyridine rings is 1. The number of carbonyl (C=O) groups excluding carboxylic acids is 1. The Morgan fingerprint density at radius 3 is 2.59 bits per heavy atom. The molecule has 0 unspecified atom stereocenters. The molecule has 3 N–H and O–H groups in total. The smallest absolute Gasteiger partial charge is 0.258 e. The van der Waals surface area contributed by atoms with Gasteiger partial charge in [-0.3, -0.25) is 10.2 Å². The molecular formula is C26H27N5O. The Morgan fingerprint density at radius 2 is 1.88 bits per heavy atom. The van der Waals surface area contributed by atoms with Crippen molar-refractivity contribution in [3.8, 4) is 0 Å². The molecule has 32 heavy (non-hydrogen) atoms. The number of nitrogens with one attached hydrogen (secondary N) is 3. The van der Waals surface area contributed by atoms with E-state index in [1.807, 2.05) is 55.5 Å². The van der Waals surface area contributed by atoms with Crippen LogP contribution in [0.4, 0.5) is 11.5 Å². The molecule has 6 heteroatoms. The average molecular weight is 426 g/mol. The van der Waals surface area contributed by atoms with Crippen molar-refractivity contribution < 1.29 is 4.79 Å². The first-order valence-electron chi connectivity index (χ1n) is 10.7. The quantitative estimate of drug-likeness (QED) is 0.300. The maximum atomic E-state index is 12.8. The molecule has 2 heterocycles. The van der Waals surface area contributed by atoms with E-state index in [0.29, 0.717) is 23.8 Å². The maximum absolute atomic E-state index is 12.8. The number of hydrogen-bond donors (Lipinski definition) is 3. The number of anilines is 2. The van der Waals surface area contributed by atoms with Crippen LogP contribution in [0, 0.1) is 12.3 Å². The van der Waals surface area contributed by atoms with Crippen molar-refractivity contribution in [2.45, 2.75) is 19.9 Å². The minimum atomic E-state index is -0.205. The van der Waals surface area contributed by atoms with Crippen molar-refractivity contribution in [2.75, 3.05) is 23.7 Å². The van der Waals surface area contributed by atoms with Gasteiger partial charge in [0.15, 0.2) is 0 Å². The fraction of sp³-hybridized carbons (Fsp3) is 0.192. The van der Waals surface area contributed by atoms with Gasteiger partial charge in [0.1, 0.15) is 11.7 Å². The third-order valence-electron chi connectivity index (χ3n) is 5.41. The topological polar surface area (TPSA) is 81.1 Å². The van der Waals surface area contributed by atoms with Crippen molar-refractivity contribution in [1.82, 2.24) is 9.88 Å². The third kappa shape index (κ3) is 5.21. The van der Waals surface area contributed by atoms with E-state index in [-0.39, 0.29) is 5.91 Å². The highest BCUT2D eigenvalue weighted by Crippen LogP contribution is 2.19. The van der Waals surface area contributed by atoms with Gasteiger partial charge in [0.05, 0.1) is 5.56 Å². The van der Waals surface area contributed by atoms with Crippen LogP contribution in [0.2, 0.25) is 0 Å². The Balaban J connectivity index is 1.39. The molecule has 4 rings (SSSR count). The fourth-order valence-electron chi connectivity index (χ4n) is 3.57. The second-order valence-corrected chi connectivity index (χ2v) is 7.83. The first-order valence-corrected chi connectivity index (χ1v) is 10.7. The Morgan fingerprint density at radius 1 is 1.06 bits per heavy atom. The van der Waals surface area contributed by atoms with Gasteiger partial charge in [0.25, 0.3) is 5.91 Å². The molecule has 0 fully saturated rings. The lowest BCUT2D eigenvalue weighted by Crippen LogP contribution is -2.33. The molecule has 0 atom stereocenters. The molecule has 0 aliphatic carbocycles. The number of rotatable bonds is 6. The van der Waals surface area contributed by atoms with E-state index in [1.165, 1.54) is 0 Å². The molecular weight excluding hydrogens is 398 g/mol. The maximum Gasteiger partial charge on any atom is 0.258 e. The zero-order valence-corrected chi connectivity index (χ0v) is 18.1. The molecule has 1 aliphatic rings. The molecule has 1 amide bonds. The first kappa shape index (κ1) is 21.3. The third-order valence-corrected chi connectivity index (χ3v) is 5.41. The number of hydrogen-bond acceptors (Lipinski definition) is 4. The van der Waals surface area contributed by atoms with Crippen LogP contribution in [0.15, 0.2) is 79.0 Å². The summed E-state index contributed by atoms with van der Waals surface area (Å²) in [6, 6.07) is 19.2. The predicted octanol–water partition coefficient (Wildman–Crippen LogP) is 4.84. The molecule has 2 aromatic carbocycles. The van der Waals surface area contributed by atoms with Crippen LogP contribution in [-0.4, -0.2) is 34.7 Å². The Labute approximate surface area is 188 Å². The van der Waals surface area contributed by atoms with Crippen molar-refractivity contribution in [2.24, 2.45) is 0 Å². The summed E-state index contributed by atoms with van der Waals surface area (Å²) >= 11 is 0. The predicted molar refractivity (Wildman–Crippen MR) is 129 cm³/mol. The number of carbonyl (C=O) groups is 1. The minimum absolute atomic E-state index is 0.205. The number of amidine groups is 1. The molecule has 0 bridgehead atoms. The summed E-state index contributed by atoms with van der Waals surface area (Å²) in [5.74, 6) is 0.877. The SMILES string of the molecule is Cc1ccc(NC(=O)c2ccccc2NCc2ccc(C(=N)N3CC=CCC3)cc2)nc1. The van der Waals surface area contributed by atoms with Crippen molar-refractivity contribution in [3.05, 3.63) is 101 Å². The van der Waals surface area contributed by atoms with Gasteiger partial charge in [-0.1, -0.05) is 54.6 Å². The van der Waals surface area contributed by atoms with Crippen molar-refractivity contribution in [3.63, 3.8) is 0 Å². The van der Waals surface area contributed by atoms with Crippen LogP contribution in [0.25, 0.3) is 0 Å². The lowest BCUT2D eigenvalue weighted by molar-refractivity contribution is 0.102. The molecule has 0 saturated carbocycles. The average Bonchev–Trinajstić information content (AvgIpc) is 2.85. The zero-order chi connectivity index (χ0) is 22.3. The summed E-state index contributed by atoms with van der Waals surface area (Å²) in [6.07, 6.45) is 6.98. The van der Waals surface area contributed by atoms with E-state index < -0.39 is 0 Å². The summed E-state index contributed by atoms with van der Waals surface area (Å²) in [6.45, 7) is 4.21. The molecule has 0 radical (unpaired) electrons. The number of aryl methyl sites for hydroxylation is 1. The van der Waals surface area contributed by atoms with Gasteiger partial charge in [-0.25, -0.2) is 4.98 Å². The van der Waals surface area contributed by atoms with Gasteiger partial charge >= 0.3 is 0 Å². The molecule has 6 nitrogen and oxygen atoms in total. The monoisotopic (exact) mass is 425 g/mol. The van der Waals surface area contributed by atoms with E-state index in [0.717, 1.165) is 41.9 Å². The highest BCUT2D eigenvalue weighted by Gasteiger charge is 2.13. The molecule has 162 valence electrons. The number of nitrogens with zero attached hydrogens (tertiary/aromatic N) is 2. The van der Waals surface area contributed by atoms with E-state index >= 15 is 0 Å². The zero-order valence-electron chi connectivity index (χ0n) is 18.1. The van der Waals surface area contributed by atoms with E-state index in [2.05, 4.69) is 32.7 Å². The summed E-state index contributed by atoms with van der Waals surface area (Å²) in [4.78, 5) is 19.1. The van der Waals surface area contributed by atoms with Crippen LogP contribution >= 0.6 is 0 Å². The van der Waals surface area contributed by atoms with Gasteiger partial charge in [-0.05, 0) is 42.7 Å². The molecule has 0 saturated heterocycles. The van der Waals surface area contributed by atoms with E-state index in [9.17, 15) is 4.79 Å². The second kappa shape index (κ2) is 9.92. The lowest BCUT2D eigenvalue weighted by atomic mass is 10.1. The summed E-state index contributed by atoms with van der Waals surface area (Å²) < 4.78 is 0. The van der Waals surface area contributed by atoms with Gasteiger partial charge in [-0.2, -0.15) is 0 Å².